The van der Waals surface area contributed by atoms with Crippen LogP contribution in [-0.4, -0.2) is 46.8 Å². The average molecular weight is 425 g/mol. The fourth-order valence-corrected chi connectivity index (χ4v) is 4.10. The Balaban J connectivity index is 1.43. The minimum atomic E-state index is 0.0313. The summed E-state index contributed by atoms with van der Waals surface area (Å²) in [7, 11) is 0. The number of aryl methyl sites for hydroxylation is 1. The lowest BCUT2D eigenvalue weighted by Crippen LogP contribution is -2.48. The minimum absolute atomic E-state index is 0.0313. The predicted octanol–water partition coefficient (Wildman–Crippen LogP) is 3.62. The third-order valence-electron chi connectivity index (χ3n) is 5.92. The zero-order valence-corrected chi connectivity index (χ0v) is 18.1. The Kier molecular flexibility index (Phi) is 5.42. The number of anilines is 1. The Labute approximate surface area is 187 Å². The first-order valence-electron chi connectivity index (χ1n) is 10.9. The number of rotatable bonds is 4. The largest absolute Gasteiger partial charge is 0.368 e. The van der Waals surface area contributed by atoms with Crippen LogP contribution in [0.2, 0.25) is 0 Å². The highest BCUT2D eigenvalue weighted by Gasteiger charge is 2.27. The van der Waals surface area contributed by atoms with Crippen LogP contribution in [0.4, 0.5) is 5.69 Å². The van der Waals surface area contributed by atoms with Crippen LogP contribution in [0.15, 0.2) is 85.3 Å². The molecule has 0 bridgehead atoms. The van der Waals surface area contributed by atoms with Crippen molar-refractivity contribution in [2.45, 2.75) is 6.92 Å². The van der Waals surface area contributed by atoms with Gasteiger partial charge < -0.3 is 9.80 Å². The first-order chi connectivity index (χ1) is 15.7. The highest BCUT2D eigenvalue weighted by Crippen LogP contribution is 2.26. The third-order valence-corrected chi connectivity index (χ3v) is 5.92. The molecule has 6 nitrogen and oxygen atoms in total. The summed E-state index contributed by atoms with van der Waals surface area (Å²) in [6, 6.07) is 22.2. The maximum absolute atomic E-state index is 13.6. The Morgan fingerprint density at radius 3 is 2.22 bits per heavy atom. The molecule has 1 N–H and O–H groups in total. The van der Waals surface area contributed by atoms with Crippen molar-refractivity contribution >= 4 is 11.6 Å². The molecule has 0 atom stereocenters. The molecule has 32 heavy (non-hydrogen) atoms. The molecule has 1 fully saturated rings. The van der Waals surface area contributed by atoms with Gasteiger partial charge in [0.25, 0.3) is 5.91 Å². The zero-order valence-electron chi connectivity index (χ0n) is 18.1. The van der Waals surface area contributed by atoms with E-state index in [0.717, 1.165) is 30.0 Å². The molecule has 0 aliphatic carbocycles. The third kappa shape index (κ3) is 3.99. The van der Waals surface area contributed by atoms with Crippen molar-refractivity contribution in [2.24, 2.45) is 0 Å². The Morgan fingerprint density at radius 2 is 1.53 bits per heavy atom. The average Bonchev–Trinajstić information content (AvgIpc) is 3.31. The van der Waals surface area contributed by atoms with Crippen LogP contribution in [0.5, 0.6) is 0 Å². The fraction of sp³-hybridized carbons (Fsp3) is 0.192. The van der Waals surface area contributed by atoms with Crippen molar-refractivity contribution in [2.75, 3.05) is 31.1 Å². The molecular formula is C26H26N5O+. The molecule has 6 heteroatoms. The lowest BCUT2D eigenvalue weighted by Gasteiger charge is -2.35. The topological polar surface area (TPSA) is 55.5 Å². The molecule has 1 saturated heterocycles. The van der Waals surface area contributed by atoms with E-state index < -0.39 is 0 Å². The molecule has 3 heterocycles. The molecule has 0 saturated carbocycles. The van der Waals surface area contributed by atoms with Crippen molar-refractivity contribution in [3.8, 4) is 16.9 Å². The molecule has 0 radical (unpaired) electrons. The van der Waals surface area contributed by atoms with Crippen LogP contribution in [-0.2, 0) is 0 Å². The van der Waals surface area contributed by atoms with Crippen LogP contribution >= 0.6 is 0 Å². The molecule has 1 amide bonds. The van der Waals surface area contributed by atoms with E-state index >= 15 is 0 Å². The predicted molar refractivity (Wildman–Crippen MR) is 125 cm³/mol. The van der Waals surface area contributed by atoms with Crippen LogP contribution < -0.4 is 9.88 Å². The molecule has 1 aliphatic heterocycles. The number of hydrogen-bond acceptors (Lipinski definition) is 3. The van der Waals surface area contributed by atoms with E-state index in [4.69, 9.17) is 5.10 Å². The molecule has 0 spiro atoms. The van der Waals surface area contributed by atoms with Gasteiger partial charge in [-0.2, -0.15) is 5.10 Å². The molecule has 2 aromatic carbocycles. The summed E-state index contributed by atoms with van der Waals surface area (Å²) >= 11 is 0. The van der Waals surface area contributed by atoms with E-state index in [1.165, 1.54) is 11.3 Å². The molecular weight excluding hydrogens is 398 g/mol. The van der Waals surface area contributed by atoms with Crippen LogP contribution in [0, 0.1) is 6.92 Å². The standard InChI is InChI=1S/C26H25N5O/c1-20-7-9-21(10-8-20)25-24(19-31(28-25)23-5-3-2-4-6-23)26(32)30-17-15-29(16-18-30)22-11-13-27-14-12-22/h2-14,19H,15-18H2,1H3/p+1. The van der Waals surface area contributed by atoms with E-state index in [1.54, 1.807) is 4.68 Å². The number of nitrogens with zero attached hydrogens (tertiary/aromatic N) is 4. The van der Waals surface area contributed by atoms with E-state index in [1.807, 2.05) is 66.0 Å². The maximum atomic E-state index is 13.6. The summed E-state index contributed by atoms with van der Waals surface area (Å²) in [4.78, 5) is 20.9. The van der Waals surface area contributed by atoms with Gasteiger partial charge in [-0.3, -0.25) is 4.79 Å². The number of amides is 1. The molecule has 160 valence electrons. The normalized spacial score (nSPS) is 13.9. The molecule has 4 aromatic rings. The maximum Gasteiger partial charge on any atom is 0.257 e. The van der Waals surface area contributed by atoms with Gasteiger partial charge in [-0.25, -0.2) is 9.67 Å². The van der Waals surface area contributed by atoms with Crippen molar-refractivity contribution in [3.05, 3.63) is 96.4 Å². The summed E-state index contributed by atoms with van der Waals surface area (Å²) in [6.07, 6.45) is 5.73. The lowest BCUT2D eigenvalue weighted by atomic mass is 10.1. The Morgan fingerprint density at radius 1 is 0.844 bits per heavy atom. The van der Waals surface area contributed by atoms with Gasteiger partial charge in [-0.05, 0) is 19.1 Å². The summed E-state index contributed by atoms with van der Waals surface area (Å²) < 4.78 is 1.80. The van der Waals surface area contributed by atoms with Crippen LogP contribution in [0.3, 0.4) is 0 Å². The minimum Gasteiger partial charge on any atom is -0.368 e. The van der Waals surface area contributed by atoms with Gasteiger partial charge in [0, 0.05) is 55.8 Å². The Hall–Kier alpha value is -3.93. The van der Waals surface area contributed by atoms with Crippen LogP contribution in [0.1, 0.15) is 15.9 Å². The zero-order chi connectivity index (χ0) is 21.9. The SMILES string of the molecule is Cc1ccc(-c2nn(-c3ccccc3)cc2C(=O)N2CCN(c3cc[nH+]cc3)CC2)cc1. The van der Waals surface area contributed by atoms with Crippen molar-refractivity contribution in [1.29, 1.82) is 0 Å². The van der Waals surface area contributed by atoms with Crippen molar-refractivity contribution in [3.63, 3.8) is 0 Å². The van der Waals surface area contributed by atoms with Gasteiger partial charge in [0.05, 0.1) is 11.3 Å². The number of hydrogen-bond donors (Lipinski definition) is 0. The number of carbonyl (C=O) groups excluding carboxylic acids is 1. The van der Waals surface area contributed by atoms with E-state index in [9.17, 15) is 4.79 Å². The highest BCUT2D eigenvalue weighted by molar-refractivity contribution is 6.00. The van der Waals surface area contributed by atoms with Gasteiger partial charge in [0.15, 0.2) is 12.4 Å². The number of aromatic amines is 1. The number of H-pyrrole nitrogens is 1. The monoisotopic (exact) mass is 424 g/mol. The van der Waals surface area contributed by atoms with Crippen LogP contribution in [0.25, 0.3) is 16.9 Å². The van der Waals surface area contributed by atoms with Gasteiger partial charge >= 0.3 is 0 Å². The number of para-hydroxylation sites is 1. The van der Waals surface area contributed by atoms with Crippen molar-refractivity contribution < 1.29 is 9.78 Å². The second kappa shape index (κ2) is 8.67. The number of carbonyl (C=O) groups is 1. The smallest absolute Gasteiger partial charge is 0.257 e. The number of nitrogens with one attached hydrogen (secondary N) is 1. The number of benzene rings is 2. The second-order valence-electron chi connectivity index (χ2n) is 8.07. The summed E-state index contributed by atoms with van der Waals surface area (Å²) in [5.41, 5.74) is 5.60. The van der Waals surface area contributed by atoms with E-state index in [2.05, 4.69) is 41.1 Å². The molecule has 0 unspecified atom stereocenters. The quantitative estimate of drug-likeness (QED) is 0.503. The van der Waals surface area contributed by atoms with E-state index in [-0.39, 0.29) is 5.91 Å². The highest BCUT2D eigenvalue weighted by atomic mass is 16.2. The van der Waals surface area contributed by atoms with Gasteiger partial charge in [0.2, 0.25) is 0 Å². The lowest BCUT2D eigenvalue weighted by molar-refractivity contribution is -0.377. The number of aromatic nitrogens is 3. The summed E-state index contributed by atoms with van der Waals surface area (Å²) in [5.74, 6) is 0.0313. The molecule has 5 rings (SSSR count). The number of pyridine rings is 1. The Bertz CT molecular complexity index is 1190. The summed E-state index contributed by atoms with van der Waals surface area (Å²) in [6.45, 7) is 5.04. The first-order valence-corrected chi connectivity index (χ1v) is 10.9. The van der Waals surface area contributed by atoms with E-state index in [0.29, 0.717) is 18.7 Å². The van der Waals surface area contributed by atoms with Gasteiger partial charge in [0.1, 0.15) is 5.69 Å². The summed E-state index contributed by atoms with van der Waals surface area (Å²) in [5, 5.41) is 4.81. The first kappa shape index (κ1) is 20.0. The molecule has 1 aliphatic rings. The fourth-order valence-electron chi connectivity index (χ4n) is 4.10. The van der Waals surface area contributed by atoms with Crippen molar-refractivity contribution in [1.82, 2.24) is 14.7 Å². The number of piperazine rings is 1. The van der Waals surface area contributed by atoms with Gasteiger partial charge in [-0.15, -0.1) is 0 Å². The second-order valence-corrected chi connectivity index (χ2v) is 8.07. The van der Waals surface area contributed by atoms with Gasteiger partial charge in [-0.1, -0.05) is 48.0 Å². The molecule has 2 aromatic heterocycles.